The van der Waals surface area contributed by atoms with Gasteiger partial charge in [-0.2, -0.15) is 9.61 Å². The van der Waals surface area contributed by atoms with E-state index in [4.69, 9.17) is 9.47 Å². The van der Waals surface area contributed by atoms with Crippen molar-refractivity contribution in [2.75, 3.05) is 14.2 Å². The molecule has 2 aromatic heterocycles. The molecule has 8 nitrogen and oxygen atoms in total. The molecule has 4 rings (SSSR count). The van der Waals surface area contributed by atoms with Gasteiger partial charge < -0.3 is 14.8 Å². The van der Waals surface area contributed by atoms with Crippen LogP contribution >= 0.6 is 11.3 Å². The van der Waals surface area contributed by atoms with Crippen molar-refractivity contribution in [1.82, 2.24) is 19.9 Å². The van der Waals surface area contributed by atoms with Gasteiger partial charge in [-0.1, -0.05) is 41.7 Å². The second-order valence-corrected chi connectivity index (χ2v) is 7.29. The molecule has 0 aliphatic carbocycles. The summed E-state index contributed by atoms with van der Waals surface area (Å²) >= 11 is 1.31. The van der Waals surface area contributed by atoms with Crippen LogP contribution in [0.1, 0.15) is 16.1 Å². The molecule has 2 heterocycles. The van der Waals surface area contributed by atoms with Gasteiger partial charge in [0.1, 0.15) is 16.5 Å². The molecule has 0 aliphatic heterocycles. The fourth-order valence-electron chi connectivity index (χ4n) is 2.86. The van der Waals surface area contributed by atoms with Crippen LogP contribution in [0.3, 0.4) is 0 Å². The van der Waals surface area contributed by atoms with E-state index in [0.717, 1.165) is 5.56 Å². The zero-order valence-corrected chi connectivity index (χ0v) is 17.1. The lowest BCUT2D eigenvalue weighted by molar-refractivity contribution is 0.0949. The first-order valence-electron chi connectivity index (χ1n) is 9.04. The van der Waals surface area contributed by atoms with Crippen LogP contribution in [0.25, 0.3) is 15.5 Å². The molecule has 1 amide bonds. The predicted octanol–water partition coefficient (Wildman–Crippen LogP) is 2.77. The number of amides is 1. The number of nitrogens with zero attached hydrogens (tertiary/aromatic N) is 3. The molecular weight excluding hydrogens is 404 g/mol. The number of ether oxygens (including phenoxy) is 2. The fraction of sp³-hybridized carbons (Fsp3) is 0.143. The Bertz CT molecular complexity index is 1240. The first kappa shape index (κ1) is 19.6. The minimum absolute atomic E-state index is 0.0999. The smallest absolute Gasteiger partial charge is 0.275 e. The number of hydrogen-bond donors (Lipinski definition) is 1. The number of carbonyl (C=O) groups excluding carboxylic acids is 1. The number of carbonyl (C=O) groups is 1. The maximum Gasteiger partial charge on any atom is 0.275 e. The Kier molecular flexibility index (Phi) is 5.44. The van der Waals surface area contributed by atoms with Gasteiger partial charge >= 0.3 is 0 Å². The normalized spacial score (nSPS) is 10.7. The summed E-state index contributed by atoms with van der Waals surface area (Å²) in [6.07, 6.45) is 0. The highest BCUT2D eigenvalue weighted by Crippen LogP contribution is 2.24. The number of aromatic nitrogens is 3. The largest absolute Gasteiger partial charge is 0.497 e. The van der Waals surface area contributed by atoms with Crippen molar-refractivity contribution in [1.29, 1.82) is 0 Å². The van der Waals surface area contributed by atoms with Gasteiger partial charge in [0, 0.05) is 23.3 Å². The Hall–Kier alpha value is -3.72. The van der Waals surface area contributed by atoms with Crippen molar-refractivity contribution in [2.24, 2.45) is 0 Å². The summed E-state index contributed by atoms with van der Waals surface area (Å²) in [6, 6.07) is 15.9. The lowest BCUT2D eigenvalue weighted by Crippen LogP contribution is -2.25. The number of rotatable bonds is 6. The van der Waals surface area contributed by atoms with Crippen molar-refractivity contribution < 1.29 is 14.3 Å². The highest BCUT2D eigenvalue weighted by molar-refractivity contribution is 7.19. The molecule has 0 bridgehead atoms. The zero-order chi connectivity index (χ0) is 21.1. The van der Waals surface area contributed by atoms with Crippen LogP contribution < -0.4 is 20.3 Å². The molecule has 0 radical (unpaired) electrons. The molecule has 2 aromatic carbocycles. The molecule has 152 valence electrons. The number of nitrogens with one attached hydrogen (secondary N) is 1. The molecule has 30 heavy (non-hydrogen) atoms. The van der Waals surface area contributed by atoms with Crippen molar-refractivity contribution in [3.63, 3.8) is 0 Å². The van der Waals surface area contributed by atoms with Gasteiger partial charge in [-0.25, -0.2) is 4.98 Å². The molecule has 0 saturated carbocycles. The minimum atomic E-state index is -0.330. The average molecular weight is 422 g/mol. The lowest BCUT2D eigenvalue weighted by Gasteiger charge is -2.09. The van der Waals surface area contributed by atoms with Crippen LogP contribution in [-0.4, -0.2) is 34.7 Å². The van der Waals surface area contributed by atoms with Crippen molar-refractivity contribution in [3.8, 4) is 22.1 Å². The van der Waals surface area contributed by atoms with E-state index in [9.17, 15) is 9.59 Å². The summed E-state index contributed by atoms with van der Waals surface area (Å²) in [6.45, 7) is 0.0999. The Morgan fingerprint density at radius 1 is 1.07 bits per heavy atom. The fourth-order valence-corrected chi connectivity index (χ4v) is 3.79. The predicted molar refractivity (Wildman–Crippen MR) is 113 cm³/mol. The Morgan fingerprint density at radius 3 is 2.43 bits per heavy atom. The number of fused-ring (bicyclic) bond motifs is 1. The maximum absolute atomic E-state index is 12.5. The molecule has 0 saturated heterocycles. The lowest BCUT2D eigenvalue weighted by atomic mass is 10.2. The summed E-state index contributed by atoms with van der Waals surface area (Å²) in [5.41, 5.74) is 1.44. The van der Waals surface area contributed by atoms with Gasteiger partial charge in [0.15, 0.2) is 0 Å². The third-order valence-corrected chi connectivity index (χ3v) is 5.32. The van der Waals surface area contributed by atoms with E-state index in [1.54, 1.807) is 18.2 Å². The maximum atomic E-state index is 12.5. The van der Waals surface area contributed by atoms with Crippen LogP contribution in [0.4, 0.5) is 0 Å². The first-order valence-corrected chi connectivity index (χ1v) is 9.85. The number of benzene rings is 2. The molecule has 0 unspecified atom stereocenters. The van der Waals surface area contributed by atoms with Gasteiger partial charge in [-0.05, 0) is 12.1 Å². The molecule has 9 heteroatoms. The van der Waals surface area contributed by atoms with Gasteiger partial charge in [0.2, 0.25) is 4.96 Å². The molecular formula is C21H18N4O4S. The number of methoxy groups -OCH3 is 2. The summed E-state index contributed by atoms with van der Waals surface area (Å²) in [7, 11) is 3.03. The van der Waals surface area contributed by atoms with Crippen LogP contribution in [0, 0.1) is 0 Å². The van der Waals surface area contributed by atoms with E-state index in [-0.39, 0.29) is 18.0 Å². The number of hydrogen-bond acceptors (Lipinski definition) is 7. The Labute approximate surface area is 175 Å². The van der Waals surface area contributed by atoms with Gasteiger partial charge in [0.25, 0.3) is 11.5 Å². The molecule has 0 spiro atoms. The van der Waals surface area contributed by atoms with Crippen molar-refractivity contribution >= 4 is 22.2 Å². The van der Waals surface area contributed by atoms with Crippen molar-refractivity contribution in [2.45, 2.75) is 6.54 Å². The van der Waals surface area contributed by atoms with E-state index < -0.39 is 0 Å². The van der Waals surface area contributed by atoms with Crippen LogP contribution in [0.2, 0.25) is 0 Å². The van der Waals surface area contributed by atoms with E-state index in [0.29, 0.717) is 32.7 Å². The SMILES string of the molecule is COc1cc(OC)cc(C(=O)NCc2cc(=O)n3nc(-c4ccccc4)sc3n2)c1. The monoisotopic (exact) mass is 422 g/mol. The van der Waals surface area contributed by atoms with Gasteiger partial charge in [-0.3, -0.25) is 9.59 Å². The molecule has 0 aliphatic rings. The summed E-state index contributed by atoms with van der Waals surface area (Å²) in [4.78, 5) is 29.9. The summed E-state index contributed by atoms with van der Waals surface area (Å²) in [5.74, 6) is 0.689. The molecule has 4 aromatic rings. The quantitative estimate of drug-likeness (QED) is 0.513. The topological polar surface area (TPSA) is 94.8 Å². The van der Waals surface area contributed by atoms with Gasteiger partial charge in [-0.15, -0.1) is 0 Å². The second kappa shape index (κ2) is 8.34. The minimum Gasteiger partial charge on any atom is -0.497 e. The molecule has 0 atom stereocenters. The van der Waals surface area contributed by atoms with E-state index in [2.05, 4.69) is 15.4 Å². The van der Waals surface area contributed by atoms with Crippen LogP contribution in [-0.2, 0) is 6.54 Å². The standard InChI is InChI=1S/C21H18N4O4S/c1-28-16-8-14(9-17(11-16)29-2)19(27)22-12-15-10-18(26)25-21(23-15)30-20(24-25)13-6-4-3-5-7-13/h3-11H,12H2,1-2H3,(H,22,27). The molecule has 0 fully saturated rings. The summed E-state index contributed by atoms with van der Waals surface area (Å²) < 4.78 is 11.7. The average Bonchev–Trinajstić information content (AvgIpc) is 3.22. The second-order valence-electron chi connectivity index (χ2n) is 6.34. The highest BCUT2D eigenvalue weighted by atomic mass is 32.1. The third kappa shape index (κ3) is 4.01. The van der Waals surface area contributed by atoms with E-state index in [1.165, 1.54) is 36.1 Å². The molecule has 1 N–H and O–H groups in total. The van der Waals surface area contributed by atoms with Crippen molar-refractivity contribution in [3.05, 3.63) is 76.2 Å². The Morgan fingerprint density at radius 2 is 1.77 bits per heavy atom. The van der Waals surface area contributed by atoms with E-state index >= 15 is 0 Å². The van der Waals surface area contributed by atoms with Crippen LogP contribution in [0.5, 0.6) is 11.5 Å². The summed E-state index contributed by atoms with van der Waals surface area (Å²) in [5, 5.41) is 7.82. The zero-order valence-electron chi connectivity index (χ0n) is 16.3. The van der Waals surface area contributed by atoms with Gasteiger partial charge in [0.05, 0.1) is 26.5 Å². The first-order chi connectivity index (χ1) is 14.6. The highest BCUT2D eigenvalue weighted by Gasteiger charge is 2.13. The Balaban J connectivity index is 1.56. The third-order valence-electron chi connectivity index (χ3n) is 4.36. The van der Waals surface area contributed by atoms with Crippen LogP contribution in [0.15, 0.2) is 59.4 Å². The van der Waals surface area contributed by atoms with E-state index in [1.807, 2.05) is 30.3 Å².